The van der Waals surface area contributed by atoms with E-state index in [4.69, 9.17) is 11.6 Å². The van der Waals surface area contributed by atoms with Crippen LogP contribution in [-0.4, -0.2) is 43.5 Å². The van der Waals surface area contributed by atoms with E-state index in [1.54, 1.807) is 11.3 Å². The van der Waals surface area contributed by atoms with Crippen molar-refractivity contribution in [2.45, 2.75) is 6.42 Å². The van der Waals surface area contributed by atoms with Crippen molar-refractivity contribution in [2.75, 3.05) is 43.5 Å². The third-order valence-electron chi connectivity index (χ3n) is 2.85. The highest BCUT2D eigenvalue weighted by molar-refractivity contribution is 7.08. The van der Waals surface area contributed by atoms with Gasteiger partial charge in [-0.15, -0.1) is 11.6 Å². The lowest BCUT2D eigenvalue weighted by Gasteiger charge is -2.35. The zero-order valence-electron chi connectivity index (χ0n) is 8.86. The summed E-state index contributed by atoms with van der Waals surface area (Å²) in [5, 5.41) is 4.38. The number of nitrogens with zero attached hydrogens (tertiary/aromatic N) is 2. The minimum Gasteiger partial charge on any atom is -0.368 e. The van der Waals surface area contributed by atoms with Crippen molar-refractivity contribution in [3.05, 3.63) is 16.8 Å². The Balaban J connectivity index is 1.77. The van der Waals surface area contributed by atoms with Crippen molar-refractivity contribution in [3.8, 4) is 0 Å². The molecule has 1 aliphatic rings. The Bertz CT molecular complexity index is 268. The van der Waals surface area contributed by atoms with Gasteiger partial charge in [-0.05, 0) is 24.4 Å². The summed E-state index contributed by atoms with van der Waals surface area (Å²) in [7, 11) is 0. The fourth-order valence-electron chi connectivity index (χ4n) is 1.95. The Morgan fingerprint density at radius 2 is 2.07 bits per heavy atom. The van der Waals surface area contributed by atoms with Gasteiger partial charge in [-0.2, -0.15) is 11.3 Å². The van der Waals surface area contributed by atoms with Crippen molar-refractivity contribution in [1.29, 1.82) is 0 Å². The fraction of sp³-hybridized carbons (Fsp3) is 0.636. The highest BCUT2D eigenvalue weighted by atomic mass is 35.5. The molecular weight excluding hydrogens is 228 g/mol. The van der Waals surface area contributed by atoms with Gasteiger partial charge in [0.2, 0.25) is 0 Å². The van der Waals surface area contributed by atoms with Gasteiger partial charge in [0.25, 0.3) is 0 Å². The van der Waals surface area contributed by atoms with Crippen molar-refractivity contribution < 1.29 is 0 Å². The van der Waals surface area contributed by atoms with Crippen LogP contribution in [0.1, 0.15) is 6.42 Å². The van der Waals surface area contributed by atoms with Gasteiger partial charge in [-0.1, -0.05) is 0 Å². The van der Waals surface area contributed by atoms with Gasteiger partial charge in [-0.25, -0.2) is 0 Å². The van der Waals surface area contributed by atoms with Crippen LogP contribution in [0.4, 0.5) is 5.69 Å². The maximum absolute atomic E-state index is 5.69. The normalized spacial score (nSPS) is 18.3. The molecule has 0 aromatic carbocycles. The van der Waals surface area contributed by atoms with Gasteiger partial charge >= 0.3 is 0 Å². The number of anilines is 1. The van der Waals surface area contributed by atoms with Gasteiger partial charge in [0, 0.05) is 43.1 Å². The number of hydrogen-bond donors (Lipinski definition) is 0. The number of thiophene rings is 1. The number of piperazine rings is 1. The second-order valence-electron chi connectivity index (χ2n) is 3.85. The molecule has 0 amide bonds. The van der Waals surface area contributed by atoms with Crippen LogP contribution >= 0.6 is 22.9 Å². The number of halogens is 1. The number of alkyl halides is 1. The van der Waals surface area contributed by atoms with E-state index in [1.807, 2.05) is 0 Å². The van der Waals surface area contributed by atoms with E-state index in [1.165, 1.54) is 18.8 Å². The number of rotatable bonds is 4. The molecular formula is C11H17ClN2S. The molecule has 84 valence electrons. The monoisotopic (exact) mass is 244 g/mol. The van der Waals surface area contributed by atoms with Crippen molar-refractivity contribution in [3.63, 3.8) is 0 Å². The third-order valence-corrected chi connectivity index (χ3v) is 3.79. The molecule has 2 heterocycles. The molecule has 0 N–H and O–H groups in total. The molecule has 1 aliphatic heterocycles. The zero-order chi connectivity index (χ0) is 10.5. The molecule has 2 nitrogen and oxygen atoms in total. The first-order valence-electron chi connectivity index (χ1n) is 5.45. The first-order valence-corrected chi connectivity index (χ1v) is 6.93. The third kappa shape index (κ3) is 3.10. The Labute approximate surface area is 100 Å². The SMILES string of the molecule is ClCCCN1CCN(c2ccsc2)CC1. The Hall–Kier alpha value is -0.250. The van der Waals surface area contributed by atoms with Crippen LogP contribution in [0.25, 0.3) is 0 Å². The van der Waals surface area contributed by atoms with Crippen molar-refractivity contribution in [1.82, 2.24) is 4.90 Å². The van der Waals surface area contributed by atoms with E-state index in [2.05, 4.69) is 26.6 Å². The predicted octanol–water partition coefficient (Wildman–Crippen LogP) is 2.50. The Morgan fingerprint density at radius 1 is 1.27 bits per heavy atom. The van der Waals surface area contributed by atoms with Crippen molar-refractivity contribution >= 4 is 28.6 Å². The molecule has 0 saturated carbocycles. The van der Waals surface area contributed by atoms with E-state index >= 15 is 0 Å². The molecule has 0 atom stereocenters. The first kappa shape index (κ1) is 11.2. The van der Waals surface area contributed by atoms with E-state index in [0.29, 0.717) is 0 Å². The Kier molecular flexibility index (Phi) is 4.29. The van der Waals surface area contributed by atoms with E-state index in [0.717, 1.165) is 31.9 Å². The molecule has 1 saturated heterocycles. The summed E-state index contributed by atoms with van der Waals surface area (Å²) >= 11 is 7.47. The van der Waals surface area contributed by atoms with Crippen LogP contribution in [0.5, 0.6) is 0 Å². The molecule has 1 aromatic heterocycles. The quantitative estimate of drug-likeness (QED) is 0.751. The lowest BCUT2D eigenvalue weighted by molar-refractivity contribution is 0.259. The summed E-state index contributed by atoms with van der Waals surface area (Å²) in [6.07, 6.45) is 1.11. The van der Waals surface area contributed by atoms with Crippen molar-refractivity contribution in [2.24, 2.45) is 0 Å². The highest BCUT2D eigenvalue weighted by Gasteiger charge is 2.16. The summed E-state index contributed by atoms with van der Waals surface area (Å²) in [6.45, 7) is 5.80. The average Bonchev–Trinajstić information content (AvgIpc) is 2.80. The first-order chi connectivity index (χ1) is 7.40. The van der Waals surface area contributed by atoms with Gasteiger partial charge in [0.05, 0.1) is 0 Å². The molecule has 15 heavy (non-hydrogen) atoms. The predicted molar refractivity (Wildman–Crippen MR) is 68.3 cm³/mol. The second kappa shape index (κ2) is 5.73. The van der Waals surface area contributed by atoms with Gasteiger partial charge in [0.1, 0.15) is 0 Å². The summed E-state index contributed by atoms with van der Waals surface area (Å²) in [6, 6.07) is 2.21. The van der Waals surface area contributed by atoms with E-state index in [-0.39, 0.29) is 0 Å². The molecule has 0 radical (unpaired) electrons. The highest BCUT2D eigenvalue weighted by Crippen LogP contribution is 2.19. The minimum absolute atomic E-state index is 0.782. The smallest absolute Gasteiger partial charge is 0.0475 e. The molecule has 2 rings (SSSR count). The lowest BCUT2D eigenvalue weighted by Crippen LogP contribution is -2.46. The summed E-state index contributed by atoms with van der Waals surface area (Å²) in [4.78, 5) is 4.97. The number of hydrogen-bond acceptors (Lipinski definition) is 3. The summed E-state index contributed by atoms with van der Waals surface area (Å²) in [5.41, 5.74) is 1.39. The van der Waals surface area contributed by atoms with Gasteiger partial charge in [0.15, 0.2) is 0 Å². The standard InChI is InChI=1S/C11H17ClN2S/c12-3-1-4-13-5-7-14(8-6-13)11-2-9-15-10-11/h2,9-10H,1,3-8H2. The lowest BCUT2D eigenvalue weighted by atomic mass is 10.3. The summed E-state index contributed by atoms with van der Waals surface area (Å²) < 4.78 is 0. The molecule has 1 aromatic rings. The second-order valence-corrected chi connectivity index (χ2v) is 5.01. The van der Waals surface area contributed by atoms with E-state index in [9.17, 15) is 0 Å². The molecule has 4 heteroatoms. The zero-order valence-corrected chi connectivity index (χ0v) is 10.4. The van der Waals surface area contributed by atoms with Crippen LogP contribution in [-0.2, 0) is 0 Å². The fourth-order valence-corrected chi connectivity index (χ4v) is 2.73. The van der Waals surface area contributed by atoms with E-state index < -0.39 is 0 Å². The maximum Gasteiger partial charge on any atom is 0.0475 e. The maximum atomic E-state index is 5.69. The molecule has 0 spiro atoms. The minimum atomic E-state index is 0.782. The molecule has 0 aliphatic carbocycles. The Morgan fingerprint density at radius 3 is 2.67 bits per heavy atom. The molecule has 1 fully saturated rings. The van der Waals surface area contributed by atoms with Gasteiger partial charge < -0.3 is 4.90 Å². The van der Waals surface area contributed by atoms with Crippen LogP contribution in [0.3, 0.4) is 0 Å². The molecule has 0 unspecified atom stereocenters. The van der Waals surface area contributed by atoms with Crippen LogP contribution in [0.2, 0.25) is 0 Å². The van der Waals surface area contributed by atoms with Crippen LogP contribution in [0.15, 0.2) is 16.8 Å². The van der Waals surface area contributed by atoms with Crippen LogP contribution in [0, 0.1) is 0 Å². The summed E-state index contributed by atoms with van der Waals surface area (Å²) in [5.74, 6) is 0.782. The van der Waals surface area contributed by atoms with Gasteiger partial charge in [-0.3, -0.25) is 4.90 Å². The van der Waals surface area contributed by atoms with Crippen LogP contribution < -0.4 is 4.90 Å². The topological polar surface area (TPSA) is 6.48 Å². The largest absolute Gasteiger partial charge is 0.368 e. The molecule has 0 bridgehead atoms. The average molecular weight is 245 g/mol.